The van der Waals surface area contributed by atoms with Crippen LogP contribution in [-0.2, 0) is 4.79 Å². The van der Waals surface area contributed by atoms with Crippen molar-refractivity contribution in [2.45, 2.75) is 53.0 Å². The zero-order valence-corrected chi connectivity index (χ0v) is 13.0. The van der Waals surface area contributed by atoms with E-state index in [1.807, 2.05) is 4.90 Å². The number of rotatable bonds is 5. The first-order chi connectivity index (χ1) is 7.90. The molecule has 1 rings (SSSR count). The summed E-state index contributed by atoms with van der Waals surface area (Å²) >= 11 is 0. The fourth-order valence-corrected chi connectivity index (χ4v) is 2.74. The number of hydrogen-bond donors (Lipinski definition) is 1. The van der Waals surface area contributed by atoms with Crippen LogP contribution in [-0.4, -0.2) is 29.9 Å². The minimum atomic E-state index is -0.298. The first-order valence-corrected chi connectivity index (χ1v) is 6.94. The van der Waals surface area contributed by atoms with Gasteiger partial charge in [-0.3, -0.25) is 4.79 Å². The summed E-state index contributed by atoms with van der Waals surface area (Å²) in [5, 5.41) is 0. The lowest BCUT2D eigenvalue weighted by Gasteiger charge is -2.22. The van der Waals surface area contributed by atoms with Gasteiger partial charge in [0.25, 0.3) is 0 Å². The molecule has 0 aromatic rings. The topological polar surface area (TPSA) is 46.3 Å². The Kier molecular flexibility index (Phi) is 7.88. The second-order valence-electron chi connectivity index (χ2n) is 6.30. The van der Waals surface area contributed by atoms with Gasteiger partial charge in [-0.1, -0.05) is 27.7 Å². The Balaban J connectivity index is 0.00000289. The second kappa shape index (κ2) is 8.00. The predicted octanol–water partition coefficient (Wildman–Crippen LogP) is 2.68. The van der Waals surface area contributed by atoms with Gasteiger partial charge in [0.1, 0.15) is 0 Å². The first kappa shape index (κ1) is 17.7. The Morgan fingerprint density at radius 2 is 1.89 bits per heavy atom. The van der Waals surface area contributed by atoms with E-state index in [1.54, 1.807) is 0 Å². The number of carbonyl (C=O) groups excluding carboxylic acids is 1. The van der Waals surface area contributed by atoms with Crippen LogP contribution in [0.1, 0.15) is 47.0 Å². The number of nitrogens with zero attached hydrogens (tertiary/aromatic N) is 1. The molecule has 0 spiro atoms. The van der Waals surface area contributed by atoms with Crippen molar-refractivity contribution >= 4 is 18.3 Å². The molecule has 2 N–H and O–H groups in total. The summed E-state index contributed by atoms with van der Waals surface area (Å²) in [4.78, 5) is 14.1. The lowest BCUT2D eigenvalue weighted by Crippen LogP contribution is -2.43. The summed E-state index contributed by atoms with van der Waals surface area (Å²) in [7, 11) is 0. The maximum Gasteiger partial charge on any atom is 0.239 e. The summed E-state index contributed by atoms with van der Waals surface area (Å²) in [6, 6.07) is -0.298. The first-order valence-electron chi connectivity index (χ1n) is 6.94. The largest absolute Gasteiger partial charge is 0.341 e. The van der Waals surface area contributed by atoms with Crippen LogP contribution >= 0.6 is 12.4 Å². The van der Waals surface area contributed by atoms with E-state index in [1.165, 1.54) is 6.42 Å². The van der Waals surface area contributed by atoms with E-state index >= 15 is 0 Å². The van der Waals surface area contributed by atoms with Crippen molar-refractivity contribution in [2.75, 3.05) is 13.1 Å². The van der Waals surface area contributed by atoms with Crippen LogP contribution in [0.3, 0.4) is 0 Å². The normalized spacial score (nSPS) is 21.3. The zero-order valence-electron chi connectivity index (χ0n) is 12.2. The fourth-order valence-electron chi connectivity index (χ4n) is 2.74. The Labute approximate surface area is 118 Å². The highest BCUT2D eigenvalue weighted by Gasteiger charge is 2.29. The number of amides is 1. The Morgan fingerprint density at radius 3 is 2.39 bits per heavy atom. The van der Waals surface area contributed by atoms with Gasteiger partial charge in [0.2, 0.25) is 5.91 Å². The third kappa shape index (κ3) is 5.57. The molecule has 1 saturated heterocycles. The minimum absolute atomic E-state index is 0. The van der Waals surface area contributed by atoms with Crippen LogP contribution in [0.4, 0.5) is 0 Å². The van der Waals surface area contributed by atoms with E-state index in [0.717, 1.165) is 31.8 Å². The Morgan fingerprint density at radius 1 is 1.28 bits per heavy atom. The van der Waals surface area contributed by atoms with Crippen molar-refractivity contribution in [3.8, 4) is 0 Å². The molecule has 0 aliphatic carbocycles. The van der Waals surface area contributed by atoms with Gasteiger partial charge in [0.05, 0.1) is 6.04 Å². The van der Waals surface area contributed by atoms with Crippen molar-refractivity contribution < 1.29 is 4.79 Å². The smallest absolute Gasteiger partial charge is 0.239 e. The summed E-state index contributed by atoms with van der Waals surface area (Å²) in [5.41, 5.74) is 5.95. The highest BCUT2D eigenvalue weighted by Crippen LogP contribution is 2.24. The standard InChI is InChI=1S/C14H28N2O.ClH/c1-10(2)7-12-5-6-16(9-12)14(17)13(15)8-11(3)4;/h10-13H,5-9,15H2,1-4H3;1H/t12?,13-;/m0./s1. The quantitative estimate of drug-likeness (QED) is 0.839. The molecular weight excluding hydrogens is 248 g/mol. The molecule has 18 heavy (non-hydrogen) atoms. The molecule has 3 nitrogen and oxygen atoms in total. The maximum atomic E-state index is 12.1. The summed E-state index contributed by atoms with van der Waals surface area (Å²) < 4.78 is 0. The van der Waals surface area contributed by atoms with E-state index in [9.17, 15) is 4.79 Å². The zero-order chi connectivity index (χ0) is 13.0. The molecule has 1 fully saturated rings. The maximum absolute atomic E-state index is 12.1. The van der Waals surface area contributed by atoms with E-state index in [-0.39, 0.29) is 24.4 Å². The lowest BCUT2D eigenvalue weighted by molar-refractivity contribution is -0.132. The fraction of sp³-hybridized carbons (Fsp3) is 0.929. The molecule has 1 heterocycles. The minimum Gasteiger partial charge on any atom is -0.341 e. The second-order valence-corrected chi connectivity index (χ2v) is 6.30. The SMILES string of the molecule is CC(C)CC1CCN(C(=O)[C@@H](N)CC(C)C)C1.Cl. The molecule has 2 atom stereocenters. The van der Waals surface area contributed by atoms with Gasteiger partial charge >= 0.3 is 0 Å². The molecule has 1 unspecified atom stereocenters. The molecular formula is C14H29ClN2O. The molecule has 4 heteroatoms. The number of carbonyl (C=O) groups is 1. The Hall–Kier alpha value is -0.280. The molecule has 0 bridgehead atoms. The molecule has 1 aliphatic rings. The Bertz CT molecular complexity index is 256. The van der Waals surface area contributed by atoms with E-state index < -0.39 is 0 Å². The number of likely N-dealkylation sites (tertiary alicyclic amines) is 1. The van der Waals surface area contributed by atoms with Gasteiger partial charge in [-0.2, -0.15) is 0 Å². The van der Waals surface area contributed by atoms with E-state index in [0.29, 0.717) is 11.8 Å². The molecule has 0 aromatic heterocycles. The van der Waals surface area contributed by atoms with Crippen LogP contribution in [0.2, 0.25) is 0 Å². The van der Waals surface area contributed by atoms with Gasteiger partial charge in [-0.05, 0) is 37.0 Å². The highest BCUT2D eigenvalue weighted by molar-refractivity contribution is 5.85. The van der Waals surface area contributed by atoms with E-state index in [2.05, 4.69) is 27.7 Å². The summed E-state index contributed by atoms with van der Waals surface area (Å²) in [6.07, 6.45) is 3.17. The van der Waals surface area contributed by atoms with E-state index in [4.69, 9.17) is 5.73 Å². The van der Waals surface area contributed by atoms with Gasteiger partial charge in [-0.25, -0.2) is 0 Å². The molecule has 1 aliphatic heterocycles. The van der Waals surface area contributed by atoms with Crippen LogP contribution in [0.15, 0.2) is 0 Å². The van der Waals surface area contributed by atoms with Crippen LogP contribution in [0.25, 0.3) is 0 Å². The van der Waals surface area contributed by atoms with Gasteiger partial charge in [0, 0.05) is 13.1 Å². The van der Waals surface area contributed by atoms with Gasteiger partial charge < -0.3 is 10.6 Å². The third-order valence-electron chi connectivity index (χ3n) is 3.44. The molecule has 0 radical (unpaired) electrons. The average Bonchev–Trinajstić information content (AvgIpc) is 2.62. The predicted molar refractivity (Wildman–Crippen MR) is 78.8 cm³/mol. The molecule has 0 aromatic carbocycles. The number of hydrogen-bond acceptors (Lipinski definition) is 2. The van der Waals surface area contributed by atoms with Crippen LogP contribution < -0.4 is 5.73 Å². The van der Waals surface area contributed by atoms with Crippen LogP contribution in [0.5, 0.6) is 0 Å². The molecule has 108 valence electrons. The lowest BCUT2D eigenvalue weighted by atomic mass is 9.97. The number of halogens is 1. The average molecular weight is 277 g/mol. The molecule has 0 saturated carbocycles. The van der Waals surface area contributed by atoms with Crippen molar-refractivity contribution in [1.29, 1.82) is 0 Å². The van der Waals surface area contributed by atoms with Gasteiger partial charge in [0.15, 0.2) is 0 Å². The number of nitrogens with two attached hydrogens (primary N) is 1. The summed E-state index contributed by atoms with van der Waals surface area (Å²) in [5.74, 6) is 2.05. The van der Waals surface area contributed by atoms with Gasteiger partial charge in [-0.15, -0.1) is 12.4 Å². The monoisotopic (exact) mass is 276 g/mol. The van der Waals surface area contributed by atoms with Crippen molar-refractivity contribution in [3.63, 3.8) is 0 Å². The van der Waals surface area contributed by atoms with Crippen molar-refractivity contribution in [3.05, 3.63) is 0 Å². The highest BCUT2D eigenvalue weighted by atomic mass is 35.5. The van der Waals surface area contributed by atoms with Crippen LogP contribution in [0, 0.1) is 17.8 Å². The molecule has 1 amide bonds. The van der Waals surface area contributed by atoms with Crippen molar-refractivity contribution in [1.82, 2.24) is 4.90 Å². The summed E-state index contributed by atoms with van der Waals surface area (Å²) in [6.45, 7) is 10.5. The third-order valence-corrected chi connectivity index (χ3v) is 3.44. The van der Waals surface area contributed by atoms with Crippen molar-refractivity contribution in [2.24, 2.45) is 23.5 Å².